The molecule has 0 unspecified atom stereocenters. The van der Waals surface area contributed by atoms with Crippen molar-refractivity contribution in [2.75, 3.05) is 7.11 Å². The molecule has 0 bridgehead atoms. The molecule has 124 valence electrons. The zero-order valence-corrected chi connectivity index (χ0v) is 13.6. The highest BCUT2D eigenvalue weighted by Crippen LogP contribution is 2.31. The zero-order valence-electron chi connectivity index (χ0n) is 13.6. The Bertz CT molecular complexity index is 962. The lowest BCUT2D eigenvalue weighted by Gasteiger charge is -2.10. The maximum atomic E-state index is 5.48. The largest absolute Gasteiger partial charge is 0.496 e. The van der Waals surface area contributed by atoms with E-state index in [2.05, 4.69) is 25.5 Å². The van der Waals surface area contributed by atoms with E-state index in [1.54, 1.807) is 18.1 Å². The predicted octanol–water partition coefficient (Wildman–Crippen LogP) is 2.79. The van der Waals surface area contributed by atoms with Crippen molar-refractivity contribution in [3.63, 3.8) is 0 Å². The third-order valence-corrected chi connectivity index (χ3v) is 3.95. The smallest absolute Gasteiger partial charge is 0.137 e. The van der Waals surface area contributed by atoms with E-state index < -0.39 is 0 Å². The van der Waals surface area contributed by atoms with Crippen LogP contribution in [-0.4, -0.2) is 37.3 Å². The molecule has 0 aliphatic rings. The number of H-pyrrole nitrogens is 1. The first kappa shape index (κ1) is 15.1. The highest BCUT2D eigenvalue weighted by atomic mass is 16.5. The number of nitrogens with one attached hydrogen (secondary N) is 1. The average Bonchev–Trinajstić information content (AvgIpc) is 3.34. The SMILES string of the molecule is COc1ccc(-c2n[nH]nc2-c2ccccc2)cc1Cn1cncn1. The number of aromatic nitrogens is 6. The molecule has 0 saturated carbocycles. The van der Waals surface area contributed by atoms with Crippen molar-refractivity contribution in [3.8, 4) is 28.3 Å². The van der Waals surface area contributed by atoms with Gasteiger partial charge in [0.25, 0.3) is 0 Å². The van der Waals surface area contributed by atoms with Gasteiger partial charge in [0, 0.05) is 16.7 Å². The van der Waals surface area contributed by atoms with Crippen LogP contribution in [0.2, 0.25) is 0 Å². The Labute approximate surface area is 144 Å². The minimum absolute atomic E-state index is 0.565. The van der Waals surface area contributed by atoms with Crippen molar-refractivity contribution in [1.29, 1.82) is 0 Å². The Morgan fingerprint density at radius 1 is 1.00 bits per heavy atom. The summed E-state index contributed by atoms with van der Waals surface area (Å²) >= 11 is 0. The molecule has 4 rings (SSSR count). The minimum Gasteiger partial charge on any atom is -0.496 e. The summed E-state index contributed by atoms with van der Waals surface area (Å²) in [6.07, 6.45) is 3.19. The monoisotopic (exact) mass is 332 g/mol. The first-order valence-electron chi connectivity index (χ1n) is 7.81. The normalized spacial score (nSPS) is 10.8. The molecule has 0 saturated heterocycles. The van der Waals surface area contributed by atoms with Gasteiger partial charge in [-0.25, -0.2) is 9.67 Å². The van der Waals surface area contributed by atoms with Crippen molar-refractivity contribution < 1.29 is 4.74 Å². The summed E-state index contributed by atoms with van der Waals surface area (Å²) in [5, 5.41) is 15.6. The summed E-state index contributed by atoms with van der Waals surface area (Å²) in [4.78, 5) is 3.98. The Morgan fingerprint density at radius 2 is 1.80 bits per heavy atom. The van der Waals surface area contributed by atoms with Crippen LogP contribution in [0.25, 0.3) is 22.5 Å². The molecule has 0 spiro atoms. The van der Waals surface area contributed by atoms with Gasteiger partial charge in [-0.15, -0.1) is 0 Å². The van der Waals surface area contributed by atoms with Crippen LogP contribution in [0, 0.1) is 0 Å². The van der Waals surface area contributed by atoms with Gasteiger partial charge in [-0.05, 0) is 18.2 Å². The highest BCUT2D eigenvalue weighted by molar-refractivity contribution is 5.78. The van der Waals surface area contributed by atoms with Crippen molar-refractivity contribution in [2.24, 2.45) is 0 Å². The number of hydrogen-bond acceptors (Lipinski definition) is 5. The maximum Gasteiger partial charge on any atom is 0.137 e. The van der Waals surface area contributed by atoms with E-state index in [0.717, 1.165) is 33.8 Å². The molecular formula is C18H16N6O. The van der Waals surface area contributed by atoms with E-state index >= 15 is 0 Å². The van der Waals surface area contributed by atoms with Crippen LogP contribution < -0.4 is 4.74 Å². The number of rotatable bonds is 5. The molecule has 0 fully saturated rings. The fourth-order valence-corrected chi connectivity index (χ4v) is 2.77. The molecule has 25 heavy (non-hydrogen) atoms. The molecule has 2 aromatic heterocycles. The summed E-state index contributed by atoms with van der Waals surface area (Å²) in [5.74, 6) is 0.795. The number of nitrogens with zero attached hydrogens (tertiary/aromatic N) is 5. The number of benzene rings is 2. The third-order valence-electron chi connectivity index (χ3n) is 3.95. The Kier molecular flexibility index (Phi) is 3.96. The van der Waals surface area contributed by atoms with E-state index in [9.17, 15) is 0 Å². The van der Waals surface area contributed by atoms with Crippen LogP contribution >= 0.6 is 0 Å². The fraction of sp³-hybridized carbons (Fsp3) is 0.111. The van der Waals surface area contributed by atoms with Crippen LogP contribution in [0.1, 0.15) is 5.56 Å². The number of ether oxygens (including phenoxy) is 1. The Morgan fingerprint density at radius 3 is 2.52 bits per heavy atom. The summed E-state index contributed by atoms with van der Waals surface area (Å²) < 4.78 is 7.23. The van der Waals surface area contributed by atoms with E-state index in [-0.39, 0.29) is 0 Å². The molecule has 0 radical (unpaired) electrons. The van der Waals surface area contributed by atoms with Crippen LogP contribution in [0.15, 0.2) is 61.2 Å². The average molecular weight is 332 g/mol. The summed E-state index contributed by atoms with van der Waals surface area (Å²) in [6, 6.07) is 15.9. The zero-order chi connectivity index (χ0) is 17.1. The van der Waals surface area contributed by atoms with Gasteiger partial charge in [-0.1, -0.05) is 30.3 Å². The second-order valence-corrected chi connectivity index (χ2v) is 5.51. The van der Waals surface area contributed by atoms with Crippen LogP contribution in [-0.2, 0) is 6.54 Å². The molecule has 0 aliphatic carbocycles. The van der Waals surface area contributed by atoms with E-state index in [0.29, 0.717) is 6.54 Å². The van der Waals surface area contributed by atoms with Gasteiger partial charge in [-0.2, -0.15) is 20.5 Å². The quantitative estimate of drug-likeness (QED) is 0.608. The van der Waals surface area contributed by atoms with E-state index in [1.807, 2.05) is 48.5 Å². The predicted molar refractivity (Wildman–Crippen MR) is 92.9 cm³/mol. The molecular weight excluding hydrogens is 316 g/mol. The Balaban J connectivity index is 1.76. The molecule has 0 aliphatic heterocycles. The lowest BCUT2D eigenvalue weighted by Crippen LogP contribution is -2.02. The summed E-state index contributed by atoms with van der Waals surface area (Å²) in [5.41, 5.74) is 4.59. The van der Waals surface area contributed by atoms with Gasteiger partial charge < -0.3 is 4.74 Å². The Hall–Kier alpha value is -3.48. The van der Waals surface area contributed by atoms with Crippen LogP contribution in [0.5, 0.6) is 5.75 Å². The van der Waals surface area contributed by atoms with Gasteiger partial charge in [0.1, 0.15) is 29.8 Å². The second kappa shape index (κ2) is 6.56. The van der Waals surface area contributed by atoms with E-state index in [4.69, 9.17) is 4.74 Å². The van der Waals surface area contributed by atoms with Crippen LogP contribution in [0.4, 0.5) is 0 Å². The molecule has 4 aromatic rings. The van der Waals surface area contributed by atoms with Crippen molar-refractivity contribution in [2.45, 2.75) is 6.54 Å². The fourth-order valence-electron chi connectivity index (χ4n) is 2.77. The van der Waals surface area contributed by atoms with Gasteiger partial charge in [-0.3, -0.25) is 0 Å². The van der Waals surface area contributed by atoms with Crippen molar-refractivity contribution >= 4 is 0 Å². The minimum atomic E-state index is 0.565. The molecule has 2 heterocycles. The lowest BCUT2D eigenvalue weighted by atomic mass is 10.0. The lowest BCUT2D eigenvalue weighted by molar-refractivity contribution is 0.407. The summed E-state index contributed by atoms with van der Waals surface area (Å²) in [7, 11) is 1.66. The summed E-state index contributed by atoms with van der Waals surface area (Å²) in [6.45, 7) is 0.565. The molecule has 7 heteroatoms. The van der Waals surface area contributed by atoms with Crippen molar-refractivity contribution in [3.05, 3.63) is 66.7 Å². The number of methoxy groups -OCH3 is 1. The standard InChI is InChI=1S/C18H16N6O/c1-25-16-8-7-14(9-15(16)10-24-12-19-11-20-24)18-17(21-23-22-18)13-5-3-2-4-6-13/h2-9,11-12H,10H2,1H3,(H,21,22,23). The van der Waals surface area contributed by atoms with Gasteiger partial charge in [0.15, 0.2) is 0 Å². The molecule has 0 atom stereocenters. The maximum absolute atomic E-state index is 5.48. The first-order valence-corrected chi connectivity index (χ1v) is 7.81. The number of aromatic amines is 1. The molecule has 0 amide bonds. The second-order valence-electron chi connectivity index (χ2n) is 5.51. The molecule has 2 aromatic carbocycles. The number of hydrogen-bond donors (Lipinski definition) is 1. The first-order chi connectivity index (χ1) is 12.3. The van der Waals surface area contributed by atoms with E-state index in [1.165, 1.54) is 6.33 Å². The third kappa shape index (κ3) is 2.99. The van der Waals surface area contributed by atoms with Gasteiger partial charge in [0.2, 0.25) is 0 Å². The topological polar surface area (TPSA) is 81.5 Å². The van der Waals surface area contributed by atoms with Crippen LogP contribution in [0.3, 0.4) is 0 Å². The van der Waals surface area contributed by atoms with Gasteiger partial charge >= 0.3 is 0 Å². The van der Waals surface area contributed by atoms with Gasteiger partial charge in [0.05, 0.1) is 13.7 Å². The molecule has 1 N–H and O–H groups in total. The molecule has 7 nitrogen and oxygen atoms in total. The highest BCUT2D eigenvalue weighted by Gasteiger charge is 2.14. The van der Waals surface area contributed by atoms with Crippen molar-refractivity contribution in [1.82, 2.24) is 30.2 Å².